The van der Waals surface area contributed by atoms with E-state index in [2.05, 4.69) is 58.0 Å². The van der Waals surface area contributed by atoms with Crippen molar-refractivity contribution in [1.82, 2.24) is 19.9 Å². The highest BCUT2D eigenvalue weighted by molar-refractivity contribution is 5.69. The molecule has 3 N–H and O–H groups in total. The smallest absolute Gasteiger partial charge is 0.229 e. The van der Waals surface area contributed by atoms with E-state index in [1.54, 1.807) is 24.2 Å². The number of aromatic nitrogens is 2. The average molecular weight is 528 g/mol. The molecule has 39 heavy (non-hydrogen) atoms. The molecule has 5 aliphatic rings. The van der Waals surface area contributed by atoms with Gasteiger partial charge in [0.05, 0.1) is 11.3 Å². The summed E-state index contributed by atoms with van der Waals surface area (Å²) >= 11 is 0. The van der Waals surface area contributed by atoms with Gasteiger partial charge in [-0.1, -0.05) is 6.08 Å². The van der Waals surface area contributed by atoms with Crippen LogP contribution in [0.2, 0.25) is 0 Å². The molecule has 0 spiro atoms. The summed E-state index contributed by atoms with van der Waals surface area (Å²) in [6, 6.07) is 15.3. The highest BCUT2D eigenvalue weighted by atomic mass is 16.5. The SMILES string of the molecule is C=CCN1C(O)c2cnc(Nc3ccc(N4CC5CC(C4)N5C)cc3)nc2N1c1ccc2c(c1)C(C)(O)CO2. The van der Waals surface area contributed by atoms with Crippen LogP contribution < -0.4 is 20.0 Å². The number of fused-ring (bicyclic) bond motifs is 4. The third-order valence-corrected chi connectivity index (χ3v) is 8.47. The molecule has 6 heterocycles. The van der Waals surface area contributed by atoms with Gasteiger partial charge in [0.25, 0.3) is 0 Å². The Morgan fingerprint density at radius 2 is 1.90 bits per heavy atom. The highest BCUT2D eigenvalue weighted by Gasteiger charge is 2.42. The molecule has 4 unspecified atom stereocenters. The van der Waals surface area contributed by atoms with Crippen LogP contribution in [0.4, 0.5) is 28.8 Å². The molecule has 2 aromatic carbocycles. The number of likely N-dealkylation sites (N-methyl/N-ethyl adjacent to an activating group) is 1. The first kappa shape index (κ1) is 24.3. The minimum Gasteiger partial charge on any atom is -0.490 e. The zero-order valence-electron chi connectivity index (χ0n) is 22.2. The standard InChI is InChI=1S/C29H33N7O3/c1-4-11-35-27(37)23-14-30-28(31-18-5-7-19(8-6-18)34-15-21-12-22(16-34)33(21)3)32-26(23)36(35)20-9-10-25-24(13-20)29(2,38)17-39-25/h4-10,13-14,21-22,27,37-38H,1,11-12,15-17H2,2-3H3,(H,30,31,32). The van der Waals surface area contributed by atoms with Crippen LogP contribution in [-0.4, -0.2) is 75.5 Å². The quantitative estimate of drug-likeness (QED) is 0.414. The predicted octanol–water partition coefficient (Wildman–Crippen LogP) is 3.26. The van der Waals surface area contributed by atoms with Gasteiger partial charge >= 0.3 is 0 Å². The van der Waals surface area contributed by atoms with Crippen LogP contribution in [0.15, 0.2) is 61.3 Å². The molecule has 4 atom stereocenters. The predicted molar refractivity (Wildman–Crippen MR) is 149 cm³/mol. The van der Waals surface area contributed by atoms with Gasteiger partial charge in [-0.2, -0.15) is 9.99 Å². The molecule has 0 saturated carbocycles. The Morgan fingerprint density at radius 1 is 1.15 bits per heavy atom. The summed E-state index contributed by atoms with van der Waals surface area (Å²) in [5.74, 6) is 1.64. The third kappa shape index (κ3) is 3.94. The van der Waals surface area contributed by atoms with Crippen LogP contribution in [0.1, 0.15) is 30.7 Å². The van der Waals surface area contributed by atoms with Crippen molar-refractivity contribution in [3.05, 3.63) is 72.4 Å². The molecular formula is C29H33N7O3. The van der Waals surface area contributed by atoms with Crippen molar-refractivity contribution in [3.8, 4) is 5.75 Å². The lowest BCUT2D eigenvalue weighted by Gasteiger charge is -2.55. The Bertz CT molecular complexity index is 1420. The molecule has 3 aromatic rings. The minimum absolute atomic E-state index is 0.201. The minimum atomic E-state index is -1.09. The first-order valence-corrected chi connectivity index (χ1v) is 13.4. The van der Waals surface area contributed by atoms with E-state index in [0.717, 1.165) is 24.5 Å². The number of aliphatic hydroxyl groups is 2. The van der Waals surface area contributed by atoms with Crippen LogP contribution in [-0.2, 0) is 5.60 Å². The van der Waals surface area contributed by atoms with Crippen LogP contribution in [0.5, 0.6) is 5.75 Å². The Hall–Kier alpha value is -3.70. The second kappa shape index (κ2) is 8.92. The molecule has 8 rings (SSSR count). The number of piperazine rings is 1. The molecule has 3 fully saturated rings. The molecule has 3 saturated heterocycles. The lowest BCUT2D eigenvalue weighted by atomic mass is 9.88. The van der Waals surface area contributed by atoms with Gasteiger partial charge < -0.3 is 25.2 Å². The summed E-state index contributed by atoms with van der Waals surface area (Å²) in [6.07, 6.45) is 3.75. The van der Waals surface area contributed by atoms with Crippen molar-refractivity contribution >= 4 is 28.8 Å². The normalized spacial score (nSPS) is 27.5. The number of hydrogen-bond acceptors (Lipinski definition) is 10. The number of aliphatic hydroxyl groups excluding tert-OH is 1. The maximum atomic E-state index is 11.1. The molecule has 0 amide bonds. The zero-order valence-corrected chi connectivity index (χ0v) is 22.2. The van der Waals surface area contributed by atoms with Crippen molar-refractivity contribution in [1.29, 1.82) is 0 Å². The molecule has 202 valence electrons. The van der Waals surface area contributed by atoms with Crippen molar-refractivity contribution in [2.75, 3.05) is 48.5 Å². The van der Waals surface area contributed by atoms with E-state index in [1.807, 2.05) is 23.2 Å². The molecule has 2 bridgehead atoms. The van der Waals surface area contributed by atoms with E-state index in [1.165, 1.54) is 12.1 Å². The first-order chi connectivity index (χ1) is 18.8. The number of rotatable bonds is 6. The topological polar surface area (TPSA) is 100 Å². The van der Waals surface area contributed by atoms with E-state index in [-0.39, 0.29) is 6.61 Å². The largest absolute Gasteiger partial charge is 0.490 e. The monoisotopic (exact) mass is 527 g/mol. The Balaban J connectivity index is 1.16. The number of hydrogen-bond donors (Lipinski definition) is 3. The van der Waals surface area contributed by atoms with Gasteiger partial charge in [0, 0.05) is 54.9 Å². The fraction of sp³-hybridized carbons (Fsp3) is 0.379. The zero-order chi connectivity index (χ0) is 26.9. The van der Waals surface area contributed by atoms with Crippen molar-refractivity contribution in [2.24, 2.45) is 0 Å². The Kier molecular flexibility index (Phi) is 5.57. The summed E-state index contributed by atoms with van der Waals surface area (Å²) in [5, 5.41) is 28.9. The average Bonchev–Trinajstić information content (AvgIpc) is 3.40. The van der Waals surface area contributed by atoms with Gasteiger partial charge in [-0.05, 0) is 62.9 Å². The first-order valence-electron chi connectivity index (χ1n) is 13.4. The highest BCUT2D eigenvalue weighted by Crippen LogP contribution is 2.45. The van der Waals surface area contributed by atoms with Gasteiger partial charge in [-0.3, -0.25) is 9.91 Å². The lowest BCUT2D eigenvalue weighted by molar-refractivity contribution is 0.0249. The Morgan fingerprint density at radius 3 is 2.62 bits per heavy atom. The molecule has 10 heteroatoms. The van der Waals surface area contributed by atoms with Gasteiger partial charge in [-0.15, -0.1) is 6.58 Å². The van der Waals surface area contributed by atoms with E-state index < -0.39 is 11.8 Å². The summed E-state index contributed by atoms with van der Waals surface area (Å²) in [7, 11) is 2.22. The number of piperidine rings is 1. The van der Waals surface area contributed by atoms with Crippen molar-refractivity contribution in [3.63, 3.8) is 0 Å². The number of anilines is 5. The van der Waals surface area contributed by atoms with Crippen molar-refractivity contribution in [2.45, 2.75) is 37.3 Å². The number of ether oxygens (including phenoxy) is 1. The third-order valence-electron chi connectivity index (χ3n) is 8.47. The van der Waals surface area contributed by atoms with E-state index in [0.29, 0.717) is 47.3 Å². The number of nitrogens with zero attached hydrogens (tertiary/aromatic N) is 6. The second-order valence-electron chi connectivity index (χ2n) is 11.1. The van der Waals surface area contributed by atoms with E-state index in [4.69, 9.17) is 9.72 Å². The Labute approximate surface area is 227 Å². The molecule has 10 nitrogen and oxygen atoms in total. The maximum Gasteiger partial charge on any atom is 0.229 e. The van der Waals surface area contributed by atoms with Crippen LogP contribution in [0, 0.1) is 0 Å². The molecule has 0 radical (unpaired) electrons. The van der Waals surface area contributed by atoms with E-state index in [9.17, 15) is 10.2 Å². The van der Waals surface area contributed by atoms with Gasteiger partial charge in [0.15, 0.2) is 12.0 Å². The maximum absolute atomic E-state index is 11.1. The van der Waals surface area contributed by atoms with Gasteiger partial charge in [-0.25, -0.2) is 4.98 Å². The van der Waals surface area contributed by atoms with Crippen LogP contribution >= 0.6 is 0 Å². The molecular weight excluding hydrogens is 494 g/mol. The van der Waals surface area contributed by atoms with Crippen LogP contribution in [0.3, 0.4) is 0 Å². The fourth-order valence-electron chi connectivity index (χ4n) is 6.15. The fourth-order valence-corrected chi connectivity index (χ4v) is 6.15. The number of hydrazine groups is 1. The van der Waals surface area contributed by atoms with Gasteiger partial charge in [0.2, 0.25) is 5.95 Å². The summed E-state index contributed by atoms with van der Waals surface area (Å²) in [5.41, 5.74) is 3.06. The summed E-state index contributed by atoms with van der Waals surface area (Å²) < 4.78 is 5.65. The molecule has 5 aliphatic heterocycles. The molecule has 0 aliphatic carbocycles. The summed E-state index contributed by atoms with van der Waals surface area (Å²) in [4.78, 5) is 14.3. The van der Waals surface area contributed by atoms with Gasteiger partial charge in [0.1, 0.15) is 18.0 Å². The van der Waals surface area contributed by atoms with Crippen molar-refractivity contribution < 1.29 is 14.9 Å². The molecule has 1 aromatic heterocycles. The van der Waals surface area contributed by atoms with E-state index >= 15 is 0 Å². The number of benzene rings is 2. The number of nitrogens with one attached hydrogen (secondary N) is 1. The summed E-state index contributed by atoms with van der Waals surface area (Å²) in [6.45, 7) is 8.32. The lowest BCUT2D eigenvalue weighted by Crippen LogP contribution is -2.67. The second-order valence-corrected chi connectivity index (χ2v) is 11.1. The van der Waals surface area contributed by atoms with Crippen LogP contribution in [0.25, 0.3) is 0 Å².